The zero-order valence-electron chi connectivity index (χ0n) is 16.4. The molecular weight excluding hydrogens is 364 g/mol. The summed E-state index contributed by atoms with van der Waals surface area (Å²) in [6.45, 7) is 7.00. The summed E-state index contributed by atoms with van der Waals surface area (Å²) in [6.07, 6.45) is 0. The summed E-state index contributed by atoms with van der Waals surface area (Å²) in [7, 11) is 0. The molecule has 2 N–H and O–H groups in total. The van der Waals surface area contributed by atoms with Gasteiger partial charge in [-0.1, -0.05) is 12.1 Å². The summed E-state index contributed by atoms with van der Waals surface area (Å²) in [5, 5.41) is 2.65. The van der Waals surface area contributed by atoms with Crippen LogP contribution in [-0.2, 0) is 14.3 Å². The van der Waals surface area contributed by atoms with E-state index in [2.05, 4.69) is 10.3 Å². The first-order valence-corrected chi connectivity index (χ1v) is 8.94. The molecule has 0 saturated heterocycles. The number of rotatable bonds is 8. The van der Waals surface area contributed by atoms with E-state index >= 15 is 0 Å². The molecule has 8 nitrogen and oxygen atoms in total. The molecular formula is C20H24N2O6. The highest BCUT2D eigenvalue weighted by molar-refractivity contribution is 6.00. The number of para-hydroxylation sites is 2. The van der Waals surface area contributed by atoms with Crippen LogP contribution in [0.15, 0.2) is 24.3 Å². The van der Waals surface area contributed by atoms with Crippen LogP contribution >= 0.6 is 0 Å². The Hall–Kier alpha value is -3.29. The molecule has 0 aliphatic heterocycles. The van der Waals surface area contributed by atoms with Gasteiger partial charge in [-0.05, 0) is 45.4 Å². The molecule has 2 aromatic rings. The number of hydrogen-bond acceptors (Lipinski definition) is 6. The number of aromatic nitrogens is 1. The molecule has 0 aliphatic carbocycles. The number of esters is 2. The van der Waals surface area contributed by atoms with Crippen molar-refractivity contribution in [2.24, 2.45) is 0 Å². The summed E-state index contributed by atoms with van der Waals surface area (Å²) in [5.41, 5.74) is 1.78. The van der Waals surface area contributed by atoms with Crippen molar-refractivity contribution in [1.82, 2.24) is 4.98 Å². The van der Waals surface area contributed by atoms with Gasteiger partial charge in [-0.25, -0.2) is 9.59 Å². The lowest BCUT2D eigenvalue weighted by Gasteiger charge is -2.11. The number of amides is 1. The fraction of sp³-hybridized carbons (Fsp3) is 0.350. The van der Waals surface area contributed by atoms with E-state index in [0.717, 1.165) is 0 Å². The number of hydrogen-bond donors (Lipinski definition) is 2. The Bertz CT molecular complexity index is 872. The first-order valence-electron chi connectivity index (χ1n) is 8.94. The highest BCUT2D eigenvalue weighted by Crippen LogP contribution is 2.24. The average molecular weight is 388 g/mol. The molecule has 8 heteroatoms. The molecule has 0 saturated carbocycles. The molecule has 1 aromatic heterocycles. The fourth-order valence-electron chi connectivity index (χ4n) is 2.70. The molecule has 28 heavy (non-hydrogen) atoms. The highest BCUT2D eigenvalue weighted by Gasteiger charge is 2.24. The van der Waals surface area contributed by atoms with Crippen molar-refractivity contribution in [2.45, 2.75) is 27.7 Å². The molecule has 1 aromatic carbocycles. The number of carbonyl (C=O) groups is 3. The number of anilines is 1. The van der Waals surface area contributed by atoms with Gasteiger partial charge in [0.25, 0.3) is 5.91 Å². The van der Waals surface area contributed by atoms with Crippen LogP contribution in [0.2, 0.25) is 0 Å². The first kappa shape index (κ1) is 21.0. The molecule has 0 fully saturated rings. The second kappa shape index (κ2) is 9.59. The third-order valence-electron chi connectivity index (χ3n) is 3.92. The SMILES string of the molecule is CCOC(=O)c1[nH]c(C)c(C(=O)OCC(=O)Nc2ccccc2OCC)c1C. The molecule has 2 rings (SSSR count). The summed E-state index contributed by atoms with van der Waals surface area (Å²) in [6, 6.07) is 6.97. The number of aromatic amines is 1. The molecule has 0 unspecified atom stereocenters. The largest absolute Gasteiger partial charge is 0.492 e. The molecule has 1 heterocycles. The number of nitrogens with one attached hydrogen (secondary N) is 2. The summed E-state index contributed by atoms with van der Waals surface area (Å²) >= 11 is 0. The monoisotopic (exact) mass is 388 g/mol. The quantitative estimate of drug-likeness (QED) is 0.673. The fourth-order valence-corrected chi connectivity index (χ4v) is 2.70. The van der Waals surface area contributed by atoms with Gasteiger partial charge in [0.15, 0.2) is 6.61 Å². The lowest BCUT2D eigenvalue weighted by Crippen LogP contribution is -2.21. The summed E-state index contributed by atoms with van der Waals surface area (Å²) < 4.78 is 15.5. The smallest absolute Gasteiger partial charge is 0.355 e. The van der Waals surface area contributed by atoms with Gasteiger partial charge in [-0.3, -0.25) is 4.79 Å². The predicted molar refractivity (Wildman–Crippen MR) is 103 cm³/mol. The Morgan fingerprint density at radius 1 is 1.00 bits per heavy atom. The molecule has 0 spiro atoms. The van der Waals surface area contributed by atoms with Gasteiger partial charge >= 0.3 is 11.9 Å². The van der Waals surface area contributed by atoms with E-state index in [0.29, 0.717) is 29.3 Å². The van der Waals surface area contributed by atoms with Crippen LogP contribution < -0.4 is 10.1 Å². The number of aryl methyl sites for hydroxylation is 1. The van der Waals surface area contributed by atoms with Crippen LogP contribution in [0, 0.1) is 13.8 Å². The second-order valence-corrected chi connectivity index (χ2v) is 5.90. The minimum atomic E-state index is -0.699. The Morgan fingerprint density at radius 3 is 2.39 bits per heavy atom. The van der Waals surface area contributed by atoms with E-state index in [-0.39, 0.29) is 17.9 Å². The van der Waals surface area contributed by atoms with Gasteiger partial charge in [-0.15, -0.1) is 0 Å². The van der Waals surface area contributed by atoms with Gasteiger partial charge in [0.05, 0.1) is 24.5 Å². The maximum atomic E-state index is 12.4. The van der Waals surface area contributed by atoms with Gasteiger partial charge in [0.1, 0.15) is 11.4 Å². The van der Waals surface area contributed by atoms with E-state index in [1.165, 1.54) is 0 Å². The predicted octanol–water partition coefficient (Wildman–Crippen LogP) is 3.00. The Balaban J connectivity index is 2.03. The van der Waals surface area contributed by atoms with Crippen molar-refractivity contribution in [3.8, 4) is 5.75 Å². The van der Waals surface area contributed by atoms with Crippen molar-refractivity contribution < 1.29 is 28.6 Å². The van der Waals surface area contributed by atoms with Gasteiger partial charge in [-0.2, -0.15) is 0 Å². The van der Waals surface area contributed by atoms with E-state index in [1.807, 2.05) is 6.92 Å². The summed E-state index contributed by atoms with van der Waals surface area (Å²) in [5.74, 6) is -1.22. The zero-order valence-corrected chi connectivity index (χ0v) is 16.4. The molecule has 1 amide bonds. The van der Waals surface area contributed by atoms with Crippen LogP contribution in [0.4, 0.5) is 5.69 Å². The topological polar surface area (TPSA) is 107 Å². The normalized spacial score (nSPS) is 10.3. The van der Waals surface area contributed by atoms with Crippen LogP contribution in [-0.4, -0.2) is 42.7 Å². The number of benzene rings is 1. The van der Waals surface area contributed by atoms with E-state index in [9.17, 15) is 14.4 Å². The minimum absolute atomic E-state index is 0.196. The maximum absolute atomic E-state index is 12.4. The summed E-state index contributed by atoms with van der Waals surface area (Å²) in [4.78, 5) is 39.3. The van der Waals surface area contributed by atoms with Crippen molar-refractivity contribution in [1.29, 1.82) is 0 Å². The van der Waals surface area contributed by atoms with Gasteiger partial charge in [0.2, 0.25) is 0 Å². The average Bonchev–Trinajstić information content (AvgIpc) is 2.96. The van der Waals surface area contributed by atoms with Crippen molar-refractivity contribution in [3.63, 3.8) is 0 Å². The van der Waals surface area contributed by atoms with Crippen LogP contribution in [0.1, 0.15) is 46.0 Å². The Morgan fingerprint density at radius 2 is 1.71 bits per heavy atom. The Kier molecular flexibility index (Phi) is 7.20. The lowest BCUT2D eigenvalue weighted by molar-refractivity contribution is -0.119. The van der Waals surface area contributed by atoms with Gasteiger partial charge in [0, 0.05) is 5.69 Å². The molecule has 0 bridgehead atoms. The van der Waals surface area contributed by atoms with Crippen molar-refractivity contribution in [2.75, 3.05) is 25.1 Å². The standard InChI is InChI=1S/C20H24N2O6/c1-5-26-15-10-8-7-9-14(15)22-16(23)11-28-19(24)17-12(3)18(21-13(17)4)20(25)27-6-2/h7-10,21H,5-6,11H2,1-4H3,(H,22,23). The zero-order chi connectivity index (χ0) is 20.7. The van der Waals surface area contributed by atoms with E-state index < -0.39 is 24.5 Å². The van der Waals surface area contributed by atoms with Crippen molar-refractivity contribution >= 4 is 23.5 Å². The minimum Gasteiger partial charge on any atom is -0.492 e. The first-order chi connectivity index (χ1) is 13.4. The third-order valence-corrected chi connectivity index (χ3v) is 3.92. The molecule has 150 valence electrons. The maximum Gasteiger partial charge on any atom is 0.355 e. The van der Waals surface area contributed by atoms with Crippen LogP contribution in [0.3, 0.4) is 0 Å². The number of ether oxygens (including phenoxy) is 3. The lowest BCUT2D eigenvalue weighted by atomic mass is 10.1. The van der Waals surface area contributed by atoms with E-state index in [1.54, 1.807) is 45.0 Å². The number of H-pyrrole nitrogens is 1. The number of carbonyl (C=O) groups excluding carboxylic acids is 3. The second-order valence-electron chi connectivity index (χ2n) is 5.90. The van der Waals surface area contributed by atoms with E-state index in [4.69, 9.17) is 14.2 Å². The molecule has 0 radical (unpaired) electrons. The highest BCUT2D eigenvalue weighted by atomic mass is 16.5. The Labute approximate surface area is 163 Å². The molecule has 0 atom stereocenters. The third kappa shape index (κ3) is 4.91. The molecule has 0 aliphatic rings. The van der Waals surface area contributed by atoms with Crippen molar-refractivity contribution in [3.05, 3.63) is 46.8 Å². The van der Waals surface area contributed by atoms with Gasteiger partial charge < -0.3 is 24.5 Å². The van der Waals surface area contributed by atoms with Crippen LogP contribution in [0.25, 0.3) is 0 Å². The van der Waals surface area contributed by atoms with Crippen LogP contribution in [0.5, 0.6) is 5.75 Å².